The van der Waals surface area contributed by atoms with Gasteiger partial charge in [-0.2, -0.15) is 0 Å². The molecular formula is C27H22N4O3S. The number of benzene rings is 3. The average Bonchev–Trinajstić information content (AvgIpc) is 3.55. The number of aromatic nitrogens is 3. The number of hydrogen-bond donors (Lipinski definition) is 1. The molecule has 2 aromatic heterocycles. The molecule has 0 aliphatic rings. The minimum Gasteiger partial charge on any atom is -0.508 e. The lowest BCUT2D eigenvalue weighted by atomic mass is 10.2. The fourth-order valence-electron chi connectivity index (χ4n) is 3.70. The standard InChI is InChI=1S/C27H22N4O3S/c32-23-15-13-20(14-16-23)26-28-29-27(30(26)18-24-12-7-17-34-24)35-19-25(33)31(21-8-3-1-4-9-21)22-10-5-2-6-11-22/h1-17,32H,18-19H2. The molecule has 8 heteroatoms. The van der Waals surface area contributed by atoms with Gasteiger partial charge in [0, 0.05) is 16.9 Å². The number of hydrogen-bond acceptors (Lipinski definition) is 6. The van der Waals surface area contributed by atoms with E-state index in [-0.39, 0.29) is 17.4 Å². The first-order chi connectivity index (χ1) is 17.2. The maximum absolute atomic E-state index is 13.5. The van der Waals surface area contributed by atoms with E-state index in [4.69, 9.17) is 4.42 Å². The van der Waals surface area contributed by atoms with Gasteiger partial charge in [0.25, 0.3) is 0 Å². The summed E-state index contributed by atoms with van der Waals surface area (Å²) in [5, 5.41) is 19.0. The van der Waals surface area contributed by atoms with E-state index < -0.39 is 0 Å². The van der Waals surface area contributed by atoms with E-state index >= 15 is 0 Å². The van der Waals surface area contributed by atoms with Crippen LogP contribution in [0.5, 0.6) is 5.75 Å². The summed E-state index contributed by atoms with van der Waals surface area (Å²) in [6.45, 7) is 0.411. The van der Waals surface area contributed by atoms with E-state index in [1.807, 2.05) is 77.4 Å². The molecule has 0 aliphatic carbocycles. The van der Waals surface area contributed by atoms with Crippen LogP contribution in [0, 0.1) is 0 Å². The Hall–Kier alpha value is -4.30. The molecule has 0 saturated heterocycles. The summed E-state index contributed by atoms with van der Waals surface area (Å²) in [6.07, 6.45) is 1.62. The van der Waals surface area contributed by atoms with E-state index in [0.29, 0.717) is 17.5 Å². The van der Waals surface area contributed by atoms with Crippen molar-refractivity contribution in [3.8, 4) is 17.1 Å². The maximum atomic E-state index is 13.5. The van der Waals surface area contributed by atoms with Gasteiger partial charge in [0.1, 0.15) is 11.5 Å². The average molecular weight is 483 g/mol. The summed E-state index contributed by atoms with van der Waals surface area (Å²) in [5.41, 5.74) is 2.40. The van der Waals surface area contributed by atoms with Crippen molar-refractivity contribution in [2.24, 2.45) is 0 Å². The number of thioether (sulfide) groups is 1. The largest absolute Gasteiger partial charge is 0.508 e. The highest BCUT2D eigenvalue weighted by Gasteiger charge is 2.21. The first-order valence-electron chi connectivity index (χ1n) is 11.0. The summed E-state index contributed by atoms with van der Waals surface area (Å²) in [6, 6.07) is 29.6. The van der Waals surface area contributed by atoms with Gasteiger partial charge in [-0.3, -0.25) is 14.3 Å². The Balaban J connectivity index is 1.43. The Morgan fingerprint density at radius 3 is 2.11 bits per heavy atom. The highest BCUT2D eigenvalue weighted by molar-refractivity contribution is 7.99. The number of furan rings is 1. The number of amides is 1. The Morgan fingerprint density at radius 2 is 1.51 bits per heavy atom. The molecule has 5 aromatic rings. The van der Waals surface area contributed by atoms with Gasteiger partial charge in [0.05, 0.1) is 18.6 Å². The molecule has 0 atom stereocenters. The van der Waals surface area contributed by atoms with Gasteiger partial charge in [-0.1, -0.05) is 48.2 Å². The third kappa shape index (κ3) is 5.12. The normalized spacial score (nSPS) is 10.9. The highest BCUT2D eigenvalue weighted by atomic mass is 32.2. The third-order valence-corrected chi connectivity index (χ3v) is 6.29. The number of nitrogens with zero attached hydrogens (tertiary/aromatic N) is 4. The molecule has 7 nitrogen and oxygen atoms in total. The molecule has 0 unspecified atom stereocenters. The molecule has 3 aromatic carbocycles. The van der Waals surface area contributed by atoms with Crippen LogP contribution in [-0.4, -0.2) is 31.5 Å². The Kier molecular flexibility index (Phi) is 6.63. The lowest BCUT2D eigenvalue weighted by Gasteiger charge is -2.23. The number of rotatable bonds is 8. The van der Waals surface area contributed by atoms with Crippen LogP contribution in [0.3, 0.4) is 0 Å². The Bertz CT molecular complexity index is 1350. The number of para-hydroxylation sites is 2. The summed E-state index contributed by atoms with van der Waals surface area (Å²) in [4.78, 5) is 15.2. The first kappa shape index (κ1) is 22.5. The van der Waals surface area contributed by atoms with Crippen LogP contribution in [0.15, 0.2) is 113 Å². The summed E-state index contributed by atoms with van der Waals surface area (Å²) in [5.74, 6) is 1.63. The monoisotopic (exact) mass is 482 g/mol. The van der Waals surface area contributed by atoms with Crippen molar-refractivity contribution in [3.05, 3.63) is 109 Å². The molecular weight excluding hydrogens is 460 g/mol. The SMILES string of the molecule is O=C(CSc1nnc(-c2ccc(O)cc2)n1Cc1ccco1)N(c1ccccc1)c1ccccc1. The van der Waals surface area contributed by atoms with Crippen molar-refractivity contribution < 1.29 is 14.3 Å². The maximum Gasteiger partial charge on any atom is 0.242 e. The molecule has 0 fully saturated rings. The van der Waals surface area contributed by atoms with Gasteiger partial charge in [-0.25, -0.2) is 0 Å². The summed E-state index contributed by atoms with van der Waals surface area (Å²) >= 11 is 1.32. The molecule has 1 N–H and O–H groups in total. The second-order valence-corrected chi connectivity index (χ2v) is 8.65. The fourth-order valence-corrected chi connectivity index (χ4v) is 4.49. The zero-order chi connectivity index (χ0) is 24.0. The molecule has 1 amide bonds. The van der Waals surface area contributed by atoms with Crippen LogP contribution in [0.2, 0.25) is 0 Å². The molecule has 0 bridgehead atoms. The molecule has 5 rings (SSSR count). The topological polar surface area (TPSA) is 84.4 Å². The molecule has 0 radical (unpaired) electrons. The van der Waals surface area contributed by atoms with Crippen LogP contribution < -0.4 is 4.90 Å². The second-order valence-electron chi connectivity index (χ2n) is 7.71. The van der Waals surface area contributed by atoms with Crippen LogP contribution in [0.25, 0.3) is 11.4 Å². The number of phenols is 1. The van der Waals surface area contributed by atoms with Crippen LogP contribution in [-0.2, 0) is 11.3 Å². The van der Waals surface area contributed by atoms with E-state index in [0.717, 1.165) is 22.7 Å². The summed E-state index contributed by atoms with van der Waals surface area (Å²) in [7, 11) is 0. The van der Waals surface area contributed by atoms with Gasteiger partial charge >= 0.3 is 0 Å². The van der Waals surface area contributed by atoms with Crippen molar-refractivity contribution in [1.82, 2.24) is 14.8 Å². The zero-order valence-corrected chi connectivity index (χ0v) is 19.5. The molecule has 0 saturated carbocycles. The van der Waals surface area contributed by atoms with Crippen LogP contribution in [0.4, 0.5) is 11.4 Å². The smallest absolute Gasteiger partial charge is 0.242 e. The van der Waals surface area contributed by atoms with Crippen molar-refractivity contribution >= 4 is 29.0 Å². The first-order valence-corrected chi connectivity index (χ1v) is 12.0. The summed E-state index contributed by atoms with van der Waals surface area (Å²) < 4.78 is 7.47. The Morgan fingerprint density at radius 1 is 0.857 bits per heavy atom. The van der Waals surface area contributed by atoms with Crippen molar-refractivity contribution in [2.45, 2.75) is 11.7 Å². The number of carbonyl (C=O) groups is 1. The molecule has 0 aliphatic heterocycles. The molecule has 2 heterocycles. The zero-order valence-electron chi connectivity index (χ0n) is 18.7. The number of carbonyl (C=O) groups excluding carboxylic acids is 1. The predicted molar refractivity (Wildman–Crippen MR) is 136 cm³/mol. The van der Waals surface area contributed by atoms with Crippen molar-refractivity contribution in [2.75, 3.05) is 10.7 Å². The molecule has 0 spiro atoms. The van der Waals surface area contributed by atoms with Gasteiger partial charge in [0.15, 0.2) is 11.0 Å². The molecule has 174 valence electrons. The quantitative estimate of drug-likeness (QED) is 0.284. The van der Waals surface area contributed by atoms with Crippen LogP contribution >= 0.6 is 11.8 Å². The van der Waals surface area contributed by atoms with E-state index in [2.05, 4.69) is 10.2 Å². The van der Waals surface area contributed by atoms with Gasteiger partial charge < -0.3 is 9.52 Å². The van der Waals surface area contributed by atoms with Crippen LogP contribution in [0.1, 0.15) is 5.76 Å². The van der Waals surface area contributed by atoms with Crippen molar-refractivity contribution in [3.63, 3.8) is 0 Å². The highest BCUT2D eigenvalue weighted by Crippen LogP contribution is 2.29. The van der Waals surface area contributed by atoms with E-state index in [9.17, 15) is 9.90 Å². The fraction of sp³-hybridized carbons (Fsp3) is 0.0741. The van der Waals surface area contributed by atoms with Gasteiger partial charge in [0.2, 0.25) is 5.91 Å². The second kappa shape index (κ2) is 10.3. The van der Waals surface area contributed by atoms with E-state index in [1.54, 1.807) is 35.4 Å². The lowest BCUT2D eigenvalue weighted by Crippen LogP contribution is -2.27. The number of aromatic hydroxyl groups is 1. The van der Waals surface area contributed by atoms with Gasteiger partial charge in [-0.15, -0.1) is 10.2 Å². The Labute approximate surface area is 206 Å². The minimum atomic E-state index is -0.0777. The van der Waals surface area contributed by atoms with E-state index in [1.165, 1.54) is 11.8 Å². The minimum absolute atomic E-state index is 0.0777. The predicted octanol–water partition coefficient (Wildman–Crippen LogP) is 5.75. The van der Waals surface area contributed by atoms with Gasteiger partial charge in [-0.05, 0) is 60.7 Å². The molecule has 35 heavy (non-hydrogen) atoms. The third-order valence-electron chi connectivity index (χ3n) is 5.34. The lowest BCUT2D eigenvalue weighted by molar-refractivity contribution is -0.115. The number of phenolic OH excluding ortho intramolecular Hbond substituents is 1. The number of anilines is 2. The van der Waals surface area contributed by atoms with Crippen molar-refractivity contribution in [1.29, 1.82) is 0 Å².